The van der Waals surface area contributed by atoms with Crippen LogP contribution in [0.1, 0.15) is 24.5 Å². The fraction of sp³-hybridized carbons (Fsp3) is 0.200. The fourth-order valence-electron chi connectivity index (χ4n) is 2.25. The zero-order valence-corrected chi connectivity index (χ0v) is 12.6. The number of imidazole rings is 1. The average Bonchev–Trinajstić information content (AvgIpc) is 2.94. The number of aromatic nitrogens is 3. The summed E-state index contributed by atoms with van der Waals surface area (Å²) in [6.45, 7) is 2.78. The minimum Gasteiger partial charge on any atom is -0.379 e. The molecule has 102 valence electrons. The summed E-state index contributed by atoms with van der Waals surface area (Å²) in [4.78, 5) is 8.79. The van der Waals surface area contributed by atoms with E-state index in [-0.39, 0.29) is 0 Å². The first kappa shape index (κ1) is 13.3. The van der Waals surface area contributed by atoms with Gasteiger partial charge >= 0.3 is 0 Å². The highest BCUT2D eigenvalue weighted by molar-refractivity contribution is 9.10. The van der Waals surface area contributed by atoms with Crippen LogP contribution in [0, 0.1) is 0 Å². The van der Waals surface area contributed by atoms with Crippen LogP contribution in [0.4, 0.5) is 0 Å². The monoisotopic (exact) mass is 331 g/mol. The number of pyridine rings is 1. The molecule has 0 aliphatic heterocycles. The number of fused-ring (bicyclic) bond motifs is 1. The molecule has 3 aromatic rings. The lowest BCUT2D eigenvalue weighted by atomic mass is 10.1. The molecule has 0 amide bonds. The maximum atomic E-state index is 10.6. The number of aryl methyl sites for hydroxylation is 1. The number of hydrogen-bond acceptors (Lipinski definition) is 3. The Hall–Kier alpha value is -1.72. The van der Waals surface area contributed by atoms with Gasteiger partial charge < -0.3 is 9.67 Å². The molecular formula is C15H14BrN3O. The van der Waals surface area contributed by atoms with Gasteiger partial charge in [0.05, 0.1) is 11.2 Å². The smallest absolute Gasteiger partial charge is 0.155 e. The fourth-order valence-corrected chi connectivity index (χ4v) is 2.81. The quantitative estimate of drug-likeness (QED) is 0.801. The SMILES string of the molecule is CCn1ccnc1C(O)c1nc2ccccc2cc1Br. The highest BCUT2D eigenvalue weighted by atomic mass is 79.9. The second kappa shape index (κ2) is 5.34. The van der Waals surface area contributed by atoms with E-state index in [1.54, 1.807) is 6.20 Å². The Morgan fingerprint density at radius 2 is 2.15 bits per heavy atom. The van der Waals surface area contributed by atoms with Crippen LogP contribution in [0.5, 0.6) is 0 Å². The topological polar surface area (TPSA) is 50.9 Å². The molecule has 1 atom stereocenters. The Labute approximate surface area is 125 Å². The minimum atomic E-state index is -0.844. The number of halogens is 1. The van der Waals surface area contributed by atoms with Gasteiger partial charge in [-0.2, -0.15) is 0 Å². The van der Waals surface area contributed by atoms with E-state index in [1.165, 1.54) is 0 Å². The van der Waals surface area contributed by atoms with Crippen molar-refractivity contribution in [3.05, 3.63) is 58.7 Å². The maximum Gasteiger partial charge on any atom is 0.155 e. The van der Waals surface area contributed by atoms with E-state index in [0.717, 1.165) is 21.9 Å². The summed E-state index contributed by atoms with van der Waals surface area (Å²) in [5.74, 6) is 0.607. The van der Waals surface area contributed by atoms with Crippen LogP contribution in [0.25, 0.3) is 10.9 Å². The van der Waals surface area contributed by atoms with Gasteiger partial charge in [-0.3, -0.25) is 0 Å². The summed E-state index contributed by atoms with van der Waals surface area (Å²) in [6.07, 6.45) is 2.70. The second-order valence-electron chi connectivity index (χ2n) is 4.52. The Bertz CT molecular complexity index is 754. The minimum absolute atomic E-state index is 0.588. The molecule has 0 aliphatic rings. The Kier molecular flexibility index (Phi) is 3.54. The summed E-state index contributed by atoms with van der Waals surface area (Å²) in [5.41, 5.74) is 1.45. The normalized spacial score (nSPS) is 12.8. The van der Waals surface area contributed by atoms with Gasteiger partial charge in [-0.15, -0.1) is 0 Å². The third kappa shape index (κ3) is 2.23. The Morgan fingerprint density at radius 1 is 1.35 bits per heavy atom. The van der Waals surface area contributed by atoms with Crippen molar-refractivity contribution in [1.29, 1.82) is 0 Å². The number of benzene rings is 1. The van der Waals surface area contributed by atoms with Crippen molar-refractivity contribution in [3.63, 3.8) is 0 Å². The van der Waals surface area contributed by atoms with Crippen molar-refractivity contribution in [3.8, 4) is 0 Å². The molecule has 0 bridgehead atoms. The molecule has 1 aromatic carbocycles. The highest BCUT2D eigenvalue weighted by Crippen LogP contribution is 2.29. The predicted octanol–water partition coefficient (Wildman–Crippen LogP) is 3.30. The Morgan fingerprint density at radius 3 is 2.95 bits per heavy atom. The van der Waals surface area contributed by atoms with E-state index < -0.39 is 6.10 Å². The van der Waals surface area contributed by atoms with Gasteiger partial charge in [0.1, 0.15) is 5.82 Å². The summed E-state index contributed by atoms with van der Waals surface area (Å²) < 4.78 is 2.70. The first-order valence-electron chi connectivity index (χ1n) is 6.45. The van der Waals surface area contributed by atoms with Crippen LogP contribution < -0.4 is 0 Å². The van der Waals surface area contributed by atoms with E-state index in [0.29, 0.717) is 11.5 Å². The summed E-state index contributed by atoms with van der Waals surface area (Å²) >= 11 is 3.49. The number of rotatable bonds is 3. The van der Waals surface area contributed by atoms with Crippen molar-refractivity contribution in [1.82, 2.24) is 14.5 Å². The van der Waals surface area contributed by atoms with Crippen molar-refractivity contribution >= 4 is 26.8 Å². The molecule has 2 heterocycles. The van der Waals surface area contributed by atoms with Crippen LogP contribution >= 0.6 is 15.9 Å². The van der Waals surface area contributed by atoms with Gasteiger partial charge in [-0.1, -0.05) is 18.2 Å². The van der Waals surface area contributed by atoms with Crippen LogP contribution in [0.2, 0.25) is 0 Å². The molecule has 0 spiro atoms. The van der Waals surface area contributed by atoms with Gasteiger partial charge in [0.25, 0.3) is 0 Å². The van der Waals surface area contributed by atoms with E-state index in [2.05, 4.69) is 25.9 Å². The number of para-hydroxylation sites is 1. The van der Waals surface area contributed by atoms with Crippen LogP contribution in [0.15, 0.2) is 47.2 Å². The van der Waals surface area contributed by atoms with Gasteiger partial charge in [-0.05, 0) is 35.0 Å². The lowest BCUT2D eigenvalue weighted by molar-refractivity contribution is 0.199. The first-order chi connectivity index (χ1) is 9.70. The first-order valence-corrected chi connectivity index (χ1v) is 7.24. The third-order valence-corrected chi connectivity index (χ3v) is 3.93. The number of aliphatic hydroxyl groups is 1. The Balaban J connectivity index is 2.11. The third-order valence-electron chi connectivity index (χ3n) is 3.30. The van der Waals surface area contributed by atoms with E-state index in [9.17, 15) is 5.11 Å². The van der Waals surface area contributed by atoms with Gasteiger partial charge in [-0.25, -0.2) is 9.97 Å². The largest absolute Gasteiger partial charge is 0.379 e. The lowest BCUT2D eigenvalue weighted by Gasteiger charge is -2.14. The van der Waals surface area contributed by atoms with Crippen molar-refractivity contribution in [2.45, 2.75) is 19.6 Å². The highest BCUT2D eigenvalue weighted by Gasteiger charge is 2.20. The van der Waals surface area contributed by atoms with E-state index in [1.807, 2.05) is 48.0 Å². The van der Waals surface area contributed by atoms with Crippen molar-refractivity contribution in [2.24, 2.45) is 0 Å². The summed E-state index contributed by atoms with van der Waals surface area (Å²) in [5, 5.41) is 11.6. The molecule has 3 rings (SSSR count). The van der Waals surface area contributed by atoms with Gasteiger partial charge in [0.2, 0.25) is 0 Å². The van der Waals surface area contributed by atoms with E-state index >= 15 is 0 Å². The maximum absolute atomic E-state index is 10.6. The molecule has 2 aromatic heterocycles. The number of hydrogen-bond donors (Lipinski definition) is 1. The zero-order chi connectivity index (χ0) is 14.1. The van der Waals surface area contributed by atoms with Gasteiger partial charge in [0.15, 0.2) is 6.10 Å². The summed E-state index contributed by atoms with van der Waals surface area (Å²) in [7, 11) is 0. The van der Waals surface area contributed by atoms with Crippen molar-refractivity contribution < 1.29 is 5.11 Å². The molecule has 0 aliphatic carbocycles. The molecule has 20 heavy (non-hydrogen) atoms. The molecule has 4 nitrogen and oxygen atoms in total. The van der Waals surface area contributed by atoms with Crippen LogP contribution in [-0.4, -0.2) is 19.6 Å². The molecule has 1 unspecified atom stereocenters. The average molecular weight is 332 g/mol. The molecular weight excluding hydrogens is 318 g/mol. The van der Waals surface area contributed by atoms with Gasteiger partial charge in [0, 0.05) is 28.8 Å². The van der Waals surface area contributed by atoms with E-state index in [4.69, 9.17) is 0 Å². The van der Waals surface area contributed by atoms with Crippen molar-refractivity contribution in [2.75, 3.05) is 0 Å². The molecule has 0 saturated carbocycles. The molecule has 5 heteroatoms. The molecule has 0 radical (unpaired) electrons. The second-order valence-corrected chi connectivity index (χ2v) is 5.38. The standard InChI is InChI=1S/C15H14BrN3O/c1-2-19-8-7-17-15(19)14(20)13-11(16)9-10-5-3-4-6-12(10)18-13/h3-9,14,20H,2H2,1H3. The number of nitrogens with zero attached hydrogens (tertiary/aromatic N) is 3. The predicted molar refractivity (Wildman–Crippen MR) is 81.4 cm³/mol. The van der Waals surface area contributed by atoms with Crippen LogP contribution in [-0.2, 0) is 6.54 Å². The number of aliphatic hydroxyl groups excluding tert-OH is 1. The molecule has 1 N–H and O–H groups in total. The molecule has 0 fully saturated rings. The molecule has 0 saturated heterocycles. The summed E-state index contributed by atoms with van der Waals surface area (Å²) in [6, 6.07) is 9.81. The zero-order valence-electron chi connectivity index (χ0n) is 11.0. The van der Waals surface area contributed by atoms with Crippen LogP contribution in [0.3, 0.4) is 0 Å². The lowest BCUT2D eigenvalue weighted by Crippen LogP contribution is -2.11.